The molecule has 3 saturated carbocycles. The zero-order valence-corrected chi connectivity index (χ0v) is 11.5. The maximum absolute atomic E-state index is 2.44. The maximum atomic E-state index is 2.44. The Kier molecular flexibility index (Phi) is 1.55. The summed E-state index contributed by atoms with van der Waals surface area (Å²) in [5.41, 5.74) is 5.38. The summed E-state index contributed by atoms with van der Waals surface area (Å²) in [4.78, 5) is 0. The van der Waals surface area contributed by atoms with Gasteiger partial charge in [0, 0.05) is 5.41 Å². The van der Waals surface area contributed by atoms with Crippen LogP contribution in [-0.2, 0) is 5.41 Å². The molecule has 4 aliphatic carbocycles. The number of fused-ring (bicyclic) bond motifs is 6. The maximum Gasteiger partial charge on any atom is 0.0273 e. The minimum atomic E-state index is 0.401. The Hall–Kier alpha value is -1.56. The molecule has 98 valence electrons. The van der Waals surface area contributed by atoms with E-state index in [-0.39, 0.29) is 0 Å². The van der Waals surface area contributed by atoms with Crippen molar-refractivity contribution in [2.45, 2.75) is 24.2 Å². The van der Waals surface area contributed by atoms with Gasteiger partial charge >= 0.3 is 0 Å². The fourth-order valence-corrected chi connectivity index (χ4v) is 6.68. The van der Waals surface area contributed by atoms with Crippen LogP contribution >= 0.6 is 0 Å². The predicted octanol–water partition coefficient (Wildman–Crippen LogP) is 4.36. The third kappa shape index (κ3) is 0.862. The smallest absolute Gasteiger partial charge is 0.0273 e. The number of rotatable bonds is 1. The zero-order valence-electron chi connectivity index (χ0n) is 11.5. The SMILES string of the molecule is c1ccc(C23c4ccccc4[C@H]4C[C@@H]5C[C@H]4[C@H]2[C@H]53)cc1. The Balaban J connectivity index is 1.70. The quantitative estimate of drug-likeness (QED) is 0.713. The normalized spacial score (nSPS) is 45.3. The second kappa shape index (κ2) is 3.03. The molecule has 0 radical (unpaired) electrons. The second-order valence-corrected chi connectivity index (χ2v) is 7.38. The average molecular weight is 258 g/mol. The molecule has 6 rings (SSSR count). The van der Waals surface area contributed by atoms with Crippen LogP contribution in [0.25, 0.3) is 0 Å². The van der Waals surface area contributed by atoms with Crippen LogP contribution in [-0.4, -0.2) is 0 Å². The van der Waals surface area contributed by atoms with Crippen molar-refractivity contribution in [2.75, 3.05) is 0 Å². The highest BCUT2D eigenvalue weighted by Gasteiger charge is 2.80. The fraction of sp³-hybridized carbons (Fsp3) is 0.400. The first kappa shape index (κ1) is 10.2. The summed E-state index contributed by atoms with van der Waals surface area (Å²) in [6, 6.07) is 20.8. The van der Waals surface area contributed by atoms with Crippen molar-refractivity contribution in [3.05, 3.63) is 71.3 Å². The lowest BCUT2D eigenvalue weighted by atomic mass is 9.69. The van der Waals surface area contributed by atoms with Gasteiger partial charge in [-0.2, -0.15) is 0 Å². The Labute approximate surface area is 119 Å². The Morgan fingerprint density at radius 3 is 2.50 bits per heavy atom. The summed E-state index contributed by atoms with van der Waals surface area (Å²) in [6.07, 6.45) is 2.99. The van der Waals surface area contributed by atoms with E-state index in [2.05, 4.69) is 54.6 Å². The molecule has 0 aliphatic heterocycles. The summed E-state index contributed by atoms with van der Waals surface area (Å²) < 4.78 is 0. The van der Waals surface area contributed by atoms with E-state index in [0.717, 1.165) is 29.6 Å². The van der Waals surface area contributed by atoms with Gasteiger partial charge in [0.05, 0.1) is 0 Å². The van der Waals surface area contributed by atoms with Gasteiger partial charge in [-0.25, -0.2) is 0 Å². The first-order valence-corrected chi connectivity index (χ1v) is 8.07. The molecule has 0 N–H and O–H groups in total. The lowest BCUT2D eigenvalue weighted by Crippen LogP contribution is -2.27. The molecule has 0 aromatic heterocycles. The molecule has 4 aliphatic rings. The van der Waals surface area contributed by atoms with Crippen LogP contribution in [0.15, 0.2) is 54.6 Å². The van der Waals surface area contributed by atoms with Gasteiger partial charge in [-0.3, -0.25) is 0 Å². The van der Waals surface area contributed by atoms with Gasteiger partial charge in [0.15, 0.2) is 0 Å². The molecule has 2 aromatic rings. The minimum absolute atomic E-state index is 0.401. The fourth-order valence-electron chi connectivity index (χ4n) is 6.68. The molecule has 0 amide bonds. The molecule has 0 nitrogen and oxygen atoms in total. The van der Waals surface area contributed by atoms with Gasteiger partial charge in [0.25, 0.3) is 0 Å². The van der Waals surface area contributed by atoms with Crippen LogP contribution in [0.2, 0.25) is 0 Å². The highest BCUT2D eigenvalue weighted by atomic mass is 14.8. The van der Waals surface area contributed by atoms with Crippen LogP contribution < -0.4 is 0 Å². The molecule has 0 spiro atoms. The highest BCUT2D eigenvalue weighted by Crippen LogP contribution is 2.84. The summed E-state index contributed by atoms with van der Waals surface area (Å²) >= 11 is 0. The number of hydrogen-bond acceptors (Lipinski definition) is 0. The molecule has 2 bridgehead atoms. The van der Waals surface area contributed by atoms with Crippen molar-refractivity contribution in [3.63, 3.8) is 0 Å². The van der Waals surface area contributed by atoms with E-state index in [1.165, 1.54) is 12.8 Å². The Morgan fingerprint density at radius 2 is 1.60 bits per heavy atom. The molecule has 6 atom stereocenters. The third-order valence-electron chi connectivity index (χ3n) is 7.00. The molecular formula is C20H18. The van der Waals surface area contributed by atoms with E-state index in [1.54, 1.807) is 16.7 Å². The van der Waals surface area contributed by atoms with Crippen molar-refractivity contribution in [1.29, 1.82) is 0 Å². The van der Waals surface area contributed by atoms with Gasteiger partial charge in [-0.15, -0.1) is 0 Å². The minimum Gasteiger partial charge on any atom is -0.0622 e. The molecule has 20 heavy (non-hydrogen) atoms. The molecule has 2 aromatic carbocycles. The Morgan fingerprint density at radius 1 is 0.800 bits per heavy atom. The summed E-state index contributed by atoms with van der Waals surface area (Å²) in [5, 5.41) is 0. The lowest BCUT2D eigenvalue weighted by molar-refractivity contribution is 0.377. The Bertz CT molecular complexity index is 710. The van der Waals surface area contributed by atoms with E-state index < -0.39 is 0 Å². The van der Waals surface area contributed by atoms with Gasteiger partial charge in [0.1, 0.15) is 0 Å². The molecule has 3 fully saturated rings. The van der Waals surface area contributed by atoms with Crippen molar-refractivity contribution < 1.29 is 0 Å². The number of hydrogen-bond donors (Lipinski definition) is 0. The van der Waals surface area contributed by atoms with E-state index >= 15 is 0 Å². The van der Waals surface area contributed by atoms with Crippen LogP contribution in [0.5, 0.6) is 0 Å². The van der Waals surface area contributed by atoms with E-state index in [9.17, 15) is 0 Å². The van der Waals surface area contributed by atoms with Crippen LogP contribution in [0, 0.1) is 23.7 Å². The topological polar surface area (TPSA) is 0 Å². The standard InChI is InChI=1S/C20H18/c1-2-6-13(7-3-1)20-17-9-5-4-8-14(17)15-10-12-11-16(15)19(20)18(12)20/h1-9,12,15-16,18-19H,10-11H2/t12-,15-,16-,18+,19+,20?/m1/s1. The molecule has 0 heterocycles. The predicted molar refractivity (Wildman–Crippen MR) is 79.6 cm³/mol. The van der Waals surface area contributed by atoms with Crippen molar-refractivity contribution in [3.8, 4) is 0 Å². The second-order valence-electron chi connectivity index (χ2n) is 7.38. The summed E-state index contributed by atoms with van der Waals surface area (Å²) in [5.74, 6) is 4.79. The lowest BCUT2D eigenvalue weighted by Gasteiger charge is -2.34. The van der Waals surface area contributed by atoms with Gasteiger partial charge in [-0.05, 0) is 59.1 Å². The number of benzene rings is 2. The first-order valence-electron chi connectivity index (χ1n) is 8.07. The van der Waals surface area contributed by atoms with Crippen molar-refractivity contribution in [1.82, 2.24) is 0 Å². The molecule has 0 heteroatoms. The summed E-state index contributed by atoms with van der Waals surface area (Å²) in [6.45, 7) is 0. The van der Waals surface area contributed by atoms with Crippen molar-refractivity contribution >= 4 is 0 Å². The molecule has 0 saturated heterocycles. The zero-order chi connectivity index (χ0) is 12.9. The van der Waals surface area contributed by atoms with Crippen LogP contribution in [0.3, 0.4) is 0 Å². The van der Waals surface area contributed by atoms with Gasteiger partial charge in [-0.1, -0.05) is 54.6 Å². The average Bonchev–Trinajstić information content (AvgIpc) is 2.90. The summed E-state index contributed by atoms with van der Waals surface area (Å²) in [7, 11) is 0. The van der Waals surface area contributed by atoms with E-state index in [1.807, 2.05) is 0 Å². The first-order chi connectivity index (χ1) is 9.92. The highest BCUT2D eigenvalue weighted by molar-refractivity contribution is 5.60. The van der Waals surface area contributed by atoms with Crippen LogP contribution in [0.4, 0.5) is 0 Å². The molecular weight excluding hydrogens is 240 g/mol. The van der Waals surface area contributed by atoms with Crippen molar-refractivity contribution in [2.24, 2.45) is 23.7 Å². The van der Waals surface area contributed by atoms with E-state index in [0.29, 0.717) is 5.41 Å². The van der Waals surface area contributed by atoms with Gasteiger partial charge in [0.2, 0.25) is 0 Å². The monoisotopic (exact) mass is 258 g/mol. The largest absolute Gasteiger partial charge is 0.0622 e. The van der Waals surface area contributed by atoms with E-state index in [4.69, 9.17) is 0 Å². The third-order valence-corrected chi connectivity index (χ3v) is 7.00. The van der Waals surface area contributed by atoms with Crippen LogP contribution in [0.1, 0.15) is 35.4 Å². The molecule has 1 unspecified atom stereocenters. The van der Waals surface area contributed by atoms with Gasteiger partial charge < -0.3 is 0 Å².